The molecule has 1 aromatic rings. The number of alkyl halides is 3. The fourth-order valence-electron chi connectivity index (χ4n) is 0.527. The molecule has 0 saturated carbocycles. The quantitative estimate of drug-likeness (QED) is 0.599. The van der Waals surface area contributed by atoms with Gasteiger partial charge in [-0.3, -0.25) is 0 Å². The van der Waals surface area contributed by atoms with Gasteiger partial charge in [0.05, 0.1) is 0 Å². The van der Waals surface area contributed by atoms with E-state index in [4.69, 9.17) is 5.73 Å². The molecule has 0 unspecified atom stereocenters. The number of aromatic nitrogens is 2. The van der Waals surface area contributed by atoms with Crippen LogP contribution in [-0.4, -0.2) is 39.5 Å². The first-order chi connectivity index (χ1) is 5.00. The van der Waals surface area contributed by atoms with Gasteiger partial charge in [-0.2, -0.15) is 13.2 Å². The minimum absolute atomic E-state index is 0. The van der Waals surface area contributed by atoms with E-state index in [0.29, 0.717) is 6.07 Å². The monoisotopic (exact) mass is 187 g/mol. The Morgan fingerprint density at radius 1 is 1.25 bits per heavy atom. The molecule has 0 fully saturated rings. The average Bonchev–Trinajstić information content (AvgIpc) is 1.86. The van der Waals surface area contributed by atoms with Gasteiger partial charge in [-0.1, -0.05) is 0 Å². The van der Waals surface area contributed by atoms with Gasteiger partial charge in [-0.25, -0.2) is 9.97 Å². The molecule has 1 heterocycles. The predicted octanol–water partition coefficient (Wildman–Crippen LogP) is 0.429. The minimum atomic E-state index is -4.45. The summed E-state index contributed by atoms with van der Waals surface area (Å²) in [5.41, 5.74) is 3.98. The number of nitrogens with zero attached hydrogens (tertiary/aromatic N) is 2. The summed E-state index contributed by atoms with van der Waals surface area (Å²) < 4.78 is 35.5. The molecular weight excluding hydrogens is 182 g/mol. The van der Waals surface area contributed by atoms with Crippen molar-refractivity contribution >= 4 is 35.4 Å². The van der Waals surface area contributed by atoms with Gasteiger partial charge in [-0.15, -0.1) is 0 Å². The van der Waals surface area contributed by atoms with Gasteiger partial charge in [0.2, 0.25) is 0 Å². The van der Waals surface area contributed by atoms with E-state index in [0.717, 1.165) is 6.33 Å². The summed E-state index contributed by atoms with van der Waals surface area (Å²) in [7, 11) is 0. The summed E-state index contributed by atoms with van der Waals surface area (Å²) in [6, 6.07) is 0.681. The first kappa shape index (κ1) is 11.7. The second-order valence-corrected chi connectivity index (χ2v) is 1.83. The molecule has 0 atom stereocenters. The van der Waals surface area contributed by atoms with Crippen LogP contribution in [0.3, 0.4) is 0 Å². The van der Waals surface area contributed by atoms with Crippen LogP contribution in [0.15, 0.2) is 12.4 Å². The van der Waals surface area contributed by atoms with Gasteiger partial charge in [0, 0.05) is 6.07 Å². The molecule has 3 nitrogen and oxygen atoms in total. The molecule has 0 spiro atoms. The van der Waals surface area contributed by atoms with Crippen molar-refractivity contribution in [3.8, 4) is 0 Å². The van der Waals surface area contributed by atoms with E-state index in [2.05, 4.69) is 9.97 Å². The Bertz CT molecular complexity index is 262. The molecule has 12 heavy (non-hydrogen) atoms. The zero-order valence-corrected chi connectivity index (χ0v) is 5.26. The molecule has 0 aromatic carbocycles. The summed E-state index contributed by atoms with van der Waals surface area (Å²) in [6.45, 7) is 0. The fourth-order valence-corrected chi connectivity index (χ4v) is 0.527. The van der Waals surface area contributed by atoms with Crippen molar-refractivity contribution < 1.29 is 13.2 Å². The number of hydrogen-bond donors (Lipinski definition) is 1. The molecule has 0 aliphatic heterocycles. The van der Waals surface area contributed by atoms with Crippen molar-refractivity contribution in [3.05, 3.63) is 18.1 Å². The van der Waals surface area contributed by atoms with Gasteiger partial charge in [0.25, 0.3) is 0 Å². The van der Waals surface area contributed by atoms with Crippen molar-refractivity contribution in [1.29, 1.82) is 0 Å². The maximum absolute atomic E-state index is 11.8. The van der Waals surface area contributed by atoms with Gasteiger partial charge in [0.15, 0.2) is 0 Å². The zero-order valence-electron chi connectivity index (χ0n) is 5.26. The van der Waals surface area contributed by atoms with E-state index in [9.17, 15) is 13.2 Å². The standard InChI is InChI=1S/C5H4F3N3.Na.H/c6-5(7,8)3-1-4(9)11-2-10-3;;/h1-2H,(H2,9,10,11);;. The van der Waals surface area contributed by atoms with Gasteiger partial charge < -0.3 is 5.73 Å². The Morgan fingerprint density at radius 2 is 1.83 bits per heavy atom. The second-order valence-electron chi connectivity index (χ2n) is 1.83. The first-order valence-corrected chi connectivity index (χ1v) is 2.65. The average molecular weight is 187 g/mol. The van der Waals surface area contributed by atoms with E-state index in [1.165, 1.54) is 0 Å². The van der Waals surface area contributed by atoms with Crippen molar-refractivity contribution in [2.45, 2.75) is 6.18 Å². The van der Waals surface area contributed by atoms with Crippen molar-refractivity contribution in [2.75, 3.05) is 5.73 Å². The van der Waals surface area contributed by atoms with Crippen LogP contribution in [0.4, 0.5) is 19.0 Å². The molecule has 62 valence electrons. The van der Waals surface area contributed by atoms with E-state index in [-0.39, 0.29) is 35.4 Å². The van der Waals surface area contributed by atoms with E-state index in [1.807, 2.05) is 0 Å². The molecule has 0 aliphatic rings. The Balaban J connectivity index is 0.00000121. The van der Waals surface area contributed by atoms with Crippen LogP contribution in [0.2, 0.25) is 0 Å². The molecule has 0 radical (unpaired) electrons. The Morgan fingerprint density at radius 3 is 2.17 bits per heavy atom. The topological polar surface area (TPSA) is 51.8 Å². The summed E-state index contributed by atoms with van der Waals surface area (Å²) in [4.78, 5) is 6.31. The maximum atomic E-state index is 11.8. The molecule has 0 amide bonds. The van der Waals surface area contributed by atoms with E-state index >= 15 is 0 Å². The molecular formula is C5H5F3N3Na. The zero-order chi connectivity index (χ0) is 8.48. The molecule has 1 rings (SSSR count). The van der Waals surface area contributed by atoms with Crippen molar-refractivity contribution in [1.82, 2.24) is 9.97 Å². The molecule has 7 heteroatoms. The van der Waals surface area contributed by atoms with Crippen molar-refractivity contribution in [2.24, 2.45) is 0 Å². The fraction of sp³-hybridized carbons (Fsp3) is 0.200. The Labute approximate surface area is 88.5 Å². The molecule has 0 aliphatic carbocycles. The van der Waals surface area contributed by atoms with Crippen LogP contribution in [0, 0.1) is 0 Å². The number of rotatable bonds is 0. The first-order valence-electron chi connectivity index (χ1n) is 2.65. The molecule has 2 N–H and O–H groups in total. The third-order valence-electron chi connectivity index (χ3n) is 0.979. The van der Waals surface area contributed by atoms with Crippen molar-refractivity contribution in [3.63, 3.8) is 0 Å². The normalized spacial score (nSPS) is 10.6. The summed E-state index contributed by atoms with van der Waals surface area (Å²) in [5, 5.41) is 0. The van der Waals surface area contributed by atoms with Gasteiger partial charge in [-0.05, 0) is 0 Å². The number of nitrogen functional groups attached to an aromatic ring is 1. The Hall–Kier alpha value is -0.330. The third kappa shape index (κ3) is 2.96. The number of halogens is 3. The van der Waals surface area contributed by atoms with Crippen LogP contribution in [0.1, 0.15) is 5.69 Å². The van der Waals surface area contributed by atoms with Crippen LogP contribution >= 0.6 is 0 Å². The molecule has 0 bridgehead atoms. The Kier molecular flexibility index (Phi) is 3.95. The summed E-state index contributed by atoms with van der Waals surface area (Å²) in [6.07, 6.45) is -3.67. The van der Waals surface area contributed by atoms with Crippen LogP contribution in [0.5, 0.6) is 0 Å². The van der Waals surface area contributed by atoms with Gasteiger partial charge in [0.1, 0.15) is 17.8 Å². The number of nitrogens with two attached hydrogens (primary N) is 1. The molecule has 1 aromatic heterocycles. The van der Waals surface area contributed by atoms with Crippen LogP contribution in [-0.2, 0) is 6.18 Å². The second kappa shape index (κ2) is 4.06. The SMILES string of the molecule is Nc1cc(C(F)(F)F)ncn1.[NaH]. The summed E-state index contributed by atoms with van der Waals surface area (Å²) in [5.74, 6) is -0.188. The number of anilines is 1. The molecule has 0 saturated heterocycles. The third-order valence-corrected chi connectivity index (χ3v) is 0.979. The number of hydrogen-bond acceptors (Lipinski definition) is 3. The van der Waals surface area contributed by atoms with E-state index < -0.39 is 11.9 Å². The van der Waals surface area contributed by atoms with Gasteiger partial charge >= 0.3 is 35.7 Å². The summed E-state index contributed by atoms with van der Waals surface area (Å²) >= 11 is 0. The van der Waals surface area contributed by atoms with E-state index in [1.54, 1.807) is 0 Å². The van der Waals surface area contributed by atoms with Crippen LogP contribution in [0.25, 0.3) is 0 Å². The predicted molar refractivity (Wildman–Crippen MR) is 38.6 cm³/mol. The van der Waals surface area contributed by atoms with Crippen LogP contribution < -0.4 is 5.73 Å².